The maximum Gasteiger partial charge on any atom is 0.166 e. The summed E-state index contributed by atoms with van der Waals surface area (Å²) in [6.45, 7) is 1.71. The van der Waals surface area contributed by atoms with Crippen LogP contribution in [0.25, 0.3) is 11.4 Å². The molecule has 0 aliphatic heterocycles. The molecule has 0 bridgehead atoms. The Bertz CT molecular complexity index is 929. The number of pyridine rings is 1. The lowest BCUT2D eigenvalue weighted by molar-refractivity contribution is 0.227. The summed E-state index contributed by atoms with van der Waals surface area (Å²) in [5.41, 5.74) is 7.00. The molecule has 0 fully saturated rings. The lowest BCUT2D eigenvalue weighted by atomic mass is 10.1. The molecule has 0 radical (unpaired) electrons. The third-order valence-electron chi connectivity index (χ3n) is 3.75. The minimum absolute atomic E-state index is 0.0770. The average Bonchev–Trinajstić information content (AvgIpc) is 2.99. The Morgan fingerprint density at radius 2 is 2.04 bits per heavy atom. The number of imidazole rings is 1. The highest BCUT2D eigenvalue weighted by Crippen LogP contribution is 2.36. The minimum Gasteiger partial charge on any atom is -0.482 e. The Morgan fingerprint density at radius 3 is 2.72 bits per heavy atom. The van der Waals surface area contributed by atoms with E-state index in [1.54, 1.807) is 25.4 Å². The molecule has 5 nitrogen and oxygen atoms in total. The standard InChI is InChI=1S/C17H15Cl2FN4O/c1-9(14-11(18)3-4-12(20)15(14)19)25-13-7-10(8-23-16(13)21)17-22-5-6-24(17)2/h3-9H,1-2H3,(H2,21,23). The molecule has 3 rings (SSSR count). The van der Waals surface area contributed by atoms with E-state index in [2.05, 4.69) is 9.97 Å². The van der Waals surface area contributed by atoms with Crippen molar-refractivity contribution < 1.29 is 9.13 Å². The van der Waals surface area contributed by atoms with Gasteiger partial charge in [0.15, 0.2) is 11.6 Å². The molecule has 0 aliphatic rings. The molecule has 2 aromatic heterocycles. The third kappa shape index (κ3) is 3.41. The van der Waals surface area contributed by atoms with Crippen molar-refractivity contribution >= 4 is 29.0 Å². The molecule has 0 amide bonds. The van der Waals surface area contributed by atoms with E-state index in [9.17, 15) is 4.39 Å². The van der Waals surface area contributed by atoms with Crippen LogP contribution in [0.5, 0.6) is 5.75 Å². The van der Waals surface area contributed by atoms with Gasteiger partial charge in [-0.15, -0.1) is 0 Å². The molecular formula is C17H15Cl2FN4O. The van der Waals surface area contributed by atoms with Crippen LogP contribution in [-0.4, -0.2) is 14.5 Å². The summed E-state index contributed by atoms with van der Waals surface area (Å²) in [4.78, 5) is 8.41. The van der Waals surface area contributed by atoms with Gasteiger partial charge in [0.05, 0.1) is 5.02 Å². The van der Waals surface area contributed by atoms with Crippen molar-refractivity contribution in [3.05, 3.63) is 58.2 Å². The first-order chi connectivity index (χ1) is 11.9. The maximum absolute atomic E-state index is 13.7. The van der Waals surface area contributed by atoms with Crippen LogP contribution in [0.3, 0.4) is 0 Å². The summed E-state index contributed by atoms with van der Waals surface area (Å²) in [5.74, 6) is 0.689. The molecule has 130 valence electrons. The van der Waals surface area contributed by atoms with Crippen LogP contribution in [0.15, 0.2) is 36.8 Å². The zero-order chi connectivity index (χ0) is 18.1. The number of aryl methyl sites for hydroxylation is 1. The van der Waals surface area contributed by atoms with Gasteiger partial charge in [-0.05, 0) is 25.1 Å². The summed E-state index contributed by atoms with van der Waals surface area (Å²) >= 11 is 12.2. The number of ether oxygens (including phenoxy) is 1. The van der Waals surface area contributed by atoms with Crippen molar-refractivity contribution in [2.75, 3.05) is 5.73 Å². The molecule has 1 aromatic carbocycles. The molecule has 1 unspecified atom stereocenters. The highest BCUT2D eigenvalue weighted by molar-refractivity contribution is 6.36. The molecule has 3 aromatic rings. The monoisotopic (exact) mass is 380 g/mol. The van der Waals surface area contributed by atoms with Crippen LogP contribution in [0.4, 0.5) is 10.2 Å². The SMILES string of the molecule is CC(Oc1cc(-c2nccn2C)cnc1N)c1c(Cl)ccc(F)c1Cl. The fourth-order valence-corrected chi connectivity index (χ4v) is 3.16. The molecule has 25 heavy (non-hydrogen) atoms. The van der Waals surface area contributed by atoms with Gasteiger partial charge in [0.25, 0.3) is 0 Å². The van der Waals surface area contributed by atoms with Crippen molar-refractivity contribution in [2.24, 2.45) is 7.05 Å². The lowest BCUT2D eigenvalue weighted by Gasteiger charge is -2.19. The smallest absolute Gasteiger partial charge is 0.166 e. The van der Waals surface area contributed by atoms with E-state index < -0.39 is 11.9 Å². The van der Waals surface area contributed by atoms with Crippen molar-refractivity contribution in [3.63, 3.8) is 0 Å². The van der Waals surface area contributed by atoms with Gasteiger partial charge in [0.2, 0.25) is 0 Å². The first-order valence-electron chi connectivity index (χ1n) is 7.41. The normalized spacial score (nSPS) is 12.2. The van der Waals surface area contributed by atoms with Crippen LogP contribution in [-0.2, 0) is 7.05 Å². The molecule has 8 heteroatoms. The van der Waals surface area contributed by atoms with Crippen LogP contribution in [0.1, 0.15) is 18.6 Å². The van der Waals surface area contributed by atoms with Crippen molar-refractivity contribution in [1.29, 1.82) is 0 Å². The van der Waals surface area contributed by atoms with Gasteiger partial charge in [-0.2, -0.15) is 0 Å². The summed E-state index contributed by atoms with van der Waals surface area (Å²) < 4.78 is 21.5. The molecule has 0 spiro atoms. The Labute approximate surface area is 154 Å². The quantitative estimate of drug-likeness (QED) is 0.668. The minimum atomic E-state index is -0.628. The number of halogens is 3. The lowest BCUT2D eigenvalue weighted by Crippen LogP contribution is -2.08. The number of benzene rings is 1. The first-order valence-corrected chi connectivity index (χ1v) is 8.17. The molecule has 0 aliphatic carbocycles. The highest BCUT2D eigenvalue weighted by atomic mass is 35.5. The Hall–Kier alpha value is -2.31. The first kappa shape index (κ1) is 17.5. The average molecular weight is 381 g/mol. The summed E-state index contributed by atoms with van der Waals surface area (Å²) in [5, 5.41) is 0.234. The van der Waals surface area contributed by atoms with E-state index in [-0.39, 0.29) is 10.8 Å². The maximum atomic E-state index is 13.7. The van der Waals surface area contributed by atoms with Gasteiger partial charge >= 0.3 is 0 Å². The summed E-state index contributed by atoms with van der Waals surface area (Å²) in [6, 6.07) is 4.37. The summed E-state index contributed by atoms with van der Waals surface area (Å²) in [7, 11) is 1.87. The second-order valence-corrected chi connectivity index (χ2v) is 6.27. The number of nitrogens with zero attached hydrogens (tertiary/aromatic N) is 3. The number of hydrogen-bond donors (Lipinski definition) is 1. The van der Waals surface area contributed by atoms with Gasteiger partial charge in [-0.3, -0.25) is 0 Å². The fourth-order valence-electron chi connectivity index (χ4n) is 2.48. The molecule has 2 N–H and O–H groups in total. The topological polar surface area (TPSA) is 66.0 Å². The number of nitrogens with two attached hydrogens (primary N) is 1. The van der Waals surface area contributed by atoms with Crippen molar-refractivity contribution in [3.8, 4) is 17.1 Å². The van der Waals surface area contributed by atoms with Gasteiger partial charge in [0, 0.05) is 41.8 Å². The zero-order valence-electron chi connectivity index (χ0n) is 13.5. The van der Waals surface area contributed by atoms with Crippen LogP contribution < -0.4 is 10.5 Å². The molecule has 0 saturated carbocycles. The van der Waals surface area contributed by atoms with E-state index in [1.165, 1.54) is 12.1 Å². The molecular weight excluding hydrogens is 366 g/mol. The van der Waals surface area contributed by atoms with Gasteiger partial charge in [-0.1, -0.05) is 23.2 Å². The van der Waals surface area contributed by atoms with Crippen LogP contribution >= 0.6 is 23.2 Å². The molecule has 0 saturated heterocycles. The largest absolute Gasteiger partial charge is 0.482 e. The number of aromatic nitrogens is 3. The van der Waals surface area contributed by atoms with Crippen molar-refractivity contribution in [1.82, 2.24) is 14.5 Å². The van der Waals surface area contributed by atoms with E-state index in [1.807, 2.05) is 17.8 Å². The van der Waals surface area contributed by atoms with Crippen LogP contribution in [0, 0.1) is 5.82 Å². The second-order valence-electron chi connectivity index (χ2n) is 5.49. The number of hydrogen-bond acceptors (Lipinski definition) is 4. The Kier molecular flexibility index (Phi) is 4.83. The van der Waals surface area contributed by atoms with E-state index in [0.717, 1.165) is 5.56 Å². The third-order valence-corrected chi connectivity index (χ3v) is 4.46. The Morgan fingerprint density at radius 1 is 1.28 bits per heavy atom. The summed E-state index contributed by atoms with van der Waals surface area (Å²) in [6.07, 6.45) is 4.48. The number of anilines is 1. The number of rotatable bonds is 4. The molecule has 2 heterocycles. The van der Waals surface area contributed by atoms with Gasteiger partial charge < -0.3 is 15.0 Å². The highest BCUT2D eigenvalue weighted by Gasteiger charge is 2.20. The van der Waals surface area contributed by atoms with E-state index in [4.69, 9.17) is 33.7 Å². The van der Waals surface area contributed by atoms with E-state index >= 15 is 0 Å². The Balaban J connectivity index is 1.96. The molecule has 1 atom stereocenters. The van der Waals surface area contributed by atoms with Gasteiger partial charge in [-0.25, -0.2) is 14.4 Å². The zero-order valence-corrected chi connectivity index (χ0v) is 15.0. The van der Waals surface area contributed by atoms with E-state index in [0.29, 0.717) is 22.2 Å². The van der Waals surface area contributed by atoms with Crippen LogP contribution in [0.2, 0.25) is 10.0 Å². The predicted molar refractivity (Wildman–Crippen MR) is 96.3 cm³/mol. The second kappa shape index (κ2) is 6.90. The predicted octanol–water partition coefficient (Wildman–Crippen LogP) is 4.65. The fraction of sp³-hybridized carbons (Fsp3) is 0.176. The number of nitrogen functional groups attached to an aromatic ring is 1. The van der Waals surface area contributed by atoms with Crippen molar-refractivity contribution in [2.45, 2.75) is 13.0 Å². The van der Waals surface area contributed by atoms with Gasteiger partial charge in [0.1, 0.15) is 17.7 Å².